The maximum atomic E-state index is 2.70. The van der Waals surface area contributed by atoms with Crippen LogP contribution in [0.5, 0.6) is 0 Å². The van der Waals surface area contributed by atoms with Gasteiger partial charge < -0.3 is 0 Å². The van der Waals surface area contributed by atoms with Gasteiger partial charge in [0.15, 0.2) is 0 Å². The molecule has 0 nitrogen and oxygen atoms in total. The number of hydrogen-bond acceptors (Lipinski definition) is 0. The normalized spacial score (nSPS) is 15.2. The summed E-state index contributed by atoms with van der Waals surface area (Å²) >= 11 is 0. The highest BCUT2D eigenvalue weighted by molar-refractivity contribution is 4.82. The molecule has 0 aromatic rings. The van der Waals surface area contributed by atoms with Crippen LogP contribution in [-0.4, -0.2) is 0 Å². The third-order valence-corrected chi connectivity index (χ3v) is 11.9. The van der Waals surface area contributed by atoms with Crippen LogP contribution in [0.15, 0.2) is 0 Å². The Labute approximate surface area is 302 Å². The van der Waals surface area contributed by atoms with Crippen molar-refractivity contribution >= 4 is 0 Å². The van der Waals surface area contributed by atoms with E-state index in [2.05, 4.69) is 69.2 Å². The maximum absolute atomic E-state index is 2.70. The molecule has 0 aliphatic carbocycles. The fraction of sp³-hybridized carbons (Fsp3) is 1.00. The summed E-state index contributed by atoms with van der Waals surface area (Å²) in [7, 11) is 0. The average Bonchev–Trinajstić information content (AvgIpc) is 3.00. The second-order valence-electron chi connectivity index (χ2n) is 19.5. The predicted octanol–water partition coefficient (Wildman–Crippen LogP) is 17.9. The average molecular weight is 661 g/mol. The second-order valence-corrected chi connectivity index (χ2v) is 19.5. The van der Waals surface area contributed by atoms with Crippen LogP contribution in [0, 0.1) is 28.1 Å². The van der Waals surface area contributed by atoms with Crippen LogP contribution in [0.1, 0.15) is 275 Å². The van der Waals surface area contributed by atoms with Crippen LogP contribution in [0.25, 0.3) is 0 Å². The van der Waals surface area contributed by atoms with Crippen molar-refractivity contribution in [1.29, 1.82) is 0 Å². The lowest BCUT2D eigenvalue weighted by atomic mass is 9.68. The van der Waals surface area contributed by atoms with E-state index in [0.29, 0.717) is 16.2 Å². The van der Waals surface area contributed by atoms with Crippen molar-refractivity contribution in [3.8, 4) is 0 Å². The molecule has 0 aromatic carbocycles. The zero-order valence-corrected chi connectivity index (χ0v) is 35.3. The number of hydrogen-bond donors (Lipinski definition) is 0. The van der Waals surface area contributed by atoms with E-state index in [4.69, 9.17) is 0 Å². The molecule has 0 aliphatic rings. The summed E-state index contributed by atoms with van der Waals surface area (Å²) in [5.41, 5.74) is 1.47. The standard InChI is InChI=1S/C47H96/c1-11-13-15-17-19-21-23-25-27-29-31-34-43(3)36-39-47(10,41-40-46(8,9)38-33-37-45(5,6)7)42-44(4)35-32-30-28-26-24-22-20-18-16-14-12-2/h43-44H,11-42H2,1-10H3. The molecule has 3 atom stereocenters. The molecule has 3 unspecified atom stereocenters. The summed E-state index contributed by atoms with van der Waals surface area (Å²) in [6.45, 7) is 24.9. The third-order valence-electron chi connectivity index (χ3n) is 11.9. The minimum atomic E-state index is 0.471. The van der Waals surface area contributed by atoms with Crippen LogP contribution in [-0.2, 0) is 0 Å². The minimum Gasteiger partial charge on any atom is -0.0654 e. The molecular weight excluding hydrogens is 565 g/mol. The molecule has 0 aliphatic heterocycles. The highest BCUT2D eigenvalue weighted by atomic mass is 14.4. The van der Waals surface area contributed by atoms with Crippen molar-refractivity contribution in [2.45, 2.75) is 275 Å². The Hall–Kier alpha value is 0. The highest BCUT2D eigenvalue weighted by Crippen LogP contribution is 2.43. The Balaban J connectivity index is 4.58. The van der Waals surface area contributed by atoms with Gasteiger partial charge in [0.1, 0.15) is 0 Å². The largest absolute Gasteiger partial charge is 0.0654 e. The quantitative estimate of drug-likeness (QED) is 0.0593. The Morgan fingerprint density at radius 1 is 0.340 bits per heavy atom. The van der Waals surface area contributed by atoms with Gasteiger partial charge in [0.05, 0.1) is 0 Å². The molecule has 47 heavy (non-hydrogen) atoms. The molecule has 0 radical (unpaired) electrons. The first kappa shape index (κ1) is 47.0. The van der Waals surface area contributed by atoms with Gasteiger partial charge in [-0.15, -0.1) is 0 Å². The maximum Gasteiger partial charge on any atom is -0.0323 e. The van der Waals surface area contributed by atoms with Gasteiger partial charge in [0.2, 0.25) is 0 Å². The molecule has 0 amide bonds. The van der Waals surface area contributed by atoms with Crippen molar-refractivity contribution in [2.24, 2.45) is 28.1 Å². The van der Waals surface area contributed by atoms with Gasteiger partial charge in [-0.05, 0) is 66.6 Å². The van der Waals surface area contributed by atoms with E-state index in [0.717, 1.165) is 11.8 Å². The molecule has 0 rings (SSSR count). The fourth-order valence-electron chi connectivity index (χ4n) is 8.19. The lowest BCUT2D eigenvalue weighted by Gasteiger charge is -2.37. The predicted molar refractivity (Wildman–Crippen MR) is 219 cm³/mol. The topological polar surface area (TPSA) is 0 Å². The van der Waals surface area contributed by atoms with E-state index in [-0.39, 0.29) is 0 Å². The molecule has 0 fully saturated rings. The van der Waals surface area contributed by atoms with E-state index in [9.17, 15) is 0 Å². The molecule has 0 saturated carbocycles. The number of rotatable bonds is 35. The van der Waals surface area contributed by atoms with Crippen molar-refractivity contribution in [1.82, 2.24) is 0 Å². The van der Waals surface area contributed by atoms with E-state index in [1.54, 1.807) is 0 Å². The summed E-state index contributed by atoms with van der Waals surface area (Å²) in [5.74, 6) is 1.78. The molecular formula is C47H96. The van der Waals surface area contributed by atoms with Crippen LogP contribution in [0.3, 0.4) is 0 Å². The van der Waals surface area contributed by atoms with Crippen LogP contribution in [0.2, 0.25) is 0 Å². The third kappa shape index (κ3) is 32.9. The second kappa shape index (κ2) is 29.7. The minimum absolute atomic E-state index is 0.471. The highest BCUT2D eigenvalue weighted by Gasteiger charge is 2.30. The Morgan fingerprint density at radius 3 is 1.13 bits per heavy atom. The van der Waals surface area contributed by atoms with E-state index >= 15 is 0 Å². The van der Waals surface area contributed by atoms with Gasteiger partial charge in [-0.25, -0.2) is 0 Å². The smallest absolute Gasteiger partial charge is 0.0323 e. The van der Waals surface area contributed by atoms with Gasteiger partial charge in [0, 0.05) is 0 Å². The Kier molecular flexibility index (Phi) is 29.7. The summed E-state index contributed by atoms with van der Waals surface area (Å²) < 4.78 is 0. The van der Waals surface area contributed by atoms with Crippen molar-refractivity contribution in [3.63, 3.8) is 0 Å². The lowest BCUT2D eigenvalue weighted by molar-refractivity contribution is 0.147. The first-order valence-electron chi connectivity index (χ1n) is 22.3. The van der Waals surface area contributed by atoms with Crippen molar-refractivity contribution in [3.05, 3.63) is 0 Å². The monoisotopic (exact) mass is 661 g/mol. The van der Waals surface area contributed by atoms with Gasteiger partial charge in [-0.2, -0.15) is 0 Å². The van der Waals surface area contributed by atoms with Crippen LogP contribution >= 0.6 is 0 Å². The van der Waals surface area contributed by atoms with E-state index < -0.39 is 0 Å². The molecule has 0 bridgehead atoms. The van der Waals surface area contributed by atoms with Crippen molar-refractivity contribution in [2.75, 3.05) is 0 Å². The first-order chi connectivity index (χ1) is 22.3. The van der Waals surface area contributed by atoms with Gasteiger partial charge in [0.25, 0.3) is 0 Å². The SMILES string of the molecule is CCCCCCCCCCCCCC(C)CCC(C)(CCC(C)(C)CCCC(C)(C)C)CC(C)CCCCCCCCCCCCC. The Bertz CT molecular complexity index is 637. The summed E-state index contributed by atoms with van der Waals surface area (Å²) in [6, 6.07) is 0. The fourth-order valence-corrected chi connectivity index (χ4v) is 8.19. The van der Waals surface area contributed by atoms with E-state index in [1.807, 2.05) is 0 Å². The molecule has 0 N–H and O–H groups in total. The Morgan fingerprint density at radius 2 is 0.723 bits per heavy atom. The molecule has 0 heteroatoms. The lowest BCUT2D eigenvalue weighted by Crippen LogP contribution is -2.24. The molecule has 284 valence electrons. The molecule has 0 spiro atoms. The summed E-state index contributed by atoms with van der Waals surface area (Å²) in [6.07, 6.45) is 46.3. The zero-order chi connectivity index (χ0) is 35.3. The van der Waals surface area contributed by atoms with E-state index in [1.165, 1.54) is 205 Å². The molecule has 0 saturated heterocycles. The van der Waals surface area contributed by atoms with Crippen molar-refractivity contribution < 1.29 is 0 Å². The summed E-state index contributed by atoms with van der Waals surface area (Å²) in [4.78, 5) is 0. The van der Waals surface area contributed by atoms with Crippen LogP contribution < -0.4 is 0 Å². The number of unbranched alkanes of at least 4 members (excludes halogenated alkanes) is 20. The van der Waals surface area contributed by atoms with Crippen LogP contribution in [0.4, 0.5) is 0 Å². The van der Waals surface area contributed by atoms with Gasteiger partial charge in [-0.3, -0.25) is 0 Å². The molecule has 0 aromatic heterocycles. The molecule has 0 heterocycles. The van der Waals surface area contributed by atoms with Gasteiger partial charge in [-0.1, -0.05) is 236 Å². The first-order valence-corrected chi connectivity index (χ1v) is 22.3. The summed E-state index contributed by atoms with van der Waals surface area (Å²) in [5, 5.41) is 0. The zero-order valence-electron chi connectivity index (χ0n) is 35.3. The van der Waals surface area contributed by atoms with Gasteiger partial charge >= 0.3 is 0 Å².